The zero-order chi connectivity index (χ0) is 20.2. The van der Waals surface area contributed by atoms with Gasteiger partial charge < -0.3 is 9.84 Å². The molecule has 0 aromatic heterocycles. The van der Waals surface area contributed by atoms with Crippen molar-refractivity contribution in [2.24, 2.45) is 5.92 Å². The molecule has 146 valence electrons. The minimum atomic E-state index is -0.984. The van der Waals surface area contributed by atoms with E-state index in [4.69, 9.17) is 4.74 Å². The minimum Gasteiger partial charge on any atom is -0.481 e. The van der Waals surface area contributed by atoms with Gasteiger partial charge in [-0.25, -0.2) is 0 Å². The summed E-state index contributed by atoms with van der Waals surface area (Å²) in [5.41, 5.74) is 5.50. The SMILES string of the molecule is O=C(CC(Cc1ccccc1)C(=O)O)OCC1c2ccccc2-c2ccccc21. The number of hydrogen-bond donors (Lipinski definition) is 1. The molecule has 29 heavy (non-hydrogen) atoms. The van der Waals surface area contributed by atoms with Gasteiger partial charge in [-0.2, -0.15) is 0 Å². The Bertz CT molecular complexity index is 980. The molecule has 1 aliphatic rings. The van der Waals surface area contributed by atoms with Crippen LogP contribution >= 0.6 is 0 Å². The lowest BCUT2D eigenvalue weighted by Crippen LogP contribution is -2.22. The molecule has 0 heterocycles. The van der Waals surface area contributed by atoms with Gasteiger partial charge in [0.05, 0.1) is 12.3 Å². The van der Waals surface area contributed by atoms with E-state index in [2.05, 4.69) is 24.3 Å². The van der Waals surface area contributed by atoms with Crippen LogP contribution in [-0.4, -0.2) is 23.7 Å². The van der Waals surface area contributed by atoms with Gasteiger partial charge in [-0.05, 0) is 34.2 Å². The van der Waals surface area contributed by atoms with Gasteiger partial charge in [0.1, 0.15) is 6.61 Å². The summed E-state index contributed by atoms with van der Waals surface area (Å²) in [6, 6.07) is 25.6. The maximum atomic E-state index is 12.4. The number of carbonyl (C=O) groups excluding carboxylic acids is 1. The lowest BCUT2D eigenvalue weighted by Gasteiger charge is -2.16. The second-order valence-corrected chi connectivity index (χ2v) is 7.34. The summed E-state index contributed by atoms with van der Waals surface area (Å²) in [5, 5.41) is 9.52. The van der Waals surface area contributed by atoms with Crippen LogP contribution in [0.2, 0.25) is 0 Å². The Labute approximate surface area is 169 Å². The topological polar surface area (TPSA) is 63.6 Å². The van der Waals surface area contributed by atoms with Crippen molar-refractivity contribution >= 4 is 11.9 Å². The second-order valence-electron chi connectivity index (χ2n) is 7.34. The smallest absolute Gasteiger partial charge is 0.307 e. The third kappa shape index (κ3) is 4.06. The number of hydrogen-bond acceptors (Lipinski definition) is 3. The zero-order valence-electron chi connectivity index (χ0n) is 16.0. The highest BCUT2D eigenvalue weighted by molar-refractivity contribution is 5.80. The number of carboxylic acids is 1. The lowest BCUT2D eigenvalue weighted by atomic mass is 9.96. The van der Waals surface area contributed by atoms with Crippen molar-refractivity contribution in [3.63, 3.8) is 0 Å². The zero-order valence-corrected chi connectivity index (χ0v) is 16.0. The molecule has 0 aliphatic heterocycles. The van der Waals surface area contributed by atoms with Crippen LogP contribution in [0.4, 0.5) is 0 Å². The summed E-state index contributed by atoms with van der Waals surface area (Å²) in [6.45, 7) is 0.213. The van der Waals surface area contributed by atoms with E-state index in [-0.39, 0.29) is 18.9 Å². The van der Waals surface area contributed by atoms with Crippen molar-refractivity contribution in [3.05, 3.63) is 95.6 Å². The molecule has 0 radical (unpaired) electrons. The maximum absolute atomic E-state index is 12.4. The Kier molecular flexibility index (Phi) is 5.43. The van der Waals surface area contributed by atoms with Crippen LogP contribution in [0, 0.1) is 5.92 Å². The molecule has 0 fully saturated rings. The first kappa shape index (κ1) is 18.9. The normalized spacial score (nSPS) is 13.4. The predicted molar refractivity (Wildman–Crippen MR) is 111 cm³/mol. The summed E-state index contributed by atoms with van der Waals surface area (Å²) in [6.07, 6.45) is 0.167. The molecule has 1 atom stereocenters. The van der Waals surface area contributed by atoms with Crippen LogP contribution in [0.15, 0.2) is 78.9 Å². The number of ether oxygens (including phenoxy) is 1. The van der Waals surface area contributed by atoms with Crippen LogP contribution in [0.3, 0.4) is 0 Å². The quantitative estimate of drug-likeness (QED) is 0.599. The van der Waals surface area contributed by atoms with E-state index < -0.39 is 17.9 Å². The Morgan fingerprint density at radius 1 is 0.828 bits per heavy atom. The molecular formula is C25H22O4. The first-order valence-electron chi connectivity index (χ1n) is 9.74. The number of carboxylic acid groups (broad SMARTS) is 1. The van der Waals surface area contributed by atoms with E-state index in [9.17, 15) is 14.7 Å². The van der Waals surface area contributed by atoms with E-state index in [1.54, 1.807) is 0 Å². The Morgan fingerprint density at radius 2 is 1.38 bits per heavy atom. The van der Waals surface area contributed by atoms with Gasteiger partial charge in [0.2, 0.25) is 0 Å². The van der Waals surface area contributed by atoms with Crippen LogP contribution in [0.25, 0.3) is 11.1 Å². The molecular weight excluding hydrogens is 364 g/mol. The van der Waals surface area contributed by atoms with Crippen LogP contribution < -0.4 is 0 Å². The van der Waals surface area contributed by atoms with Crippen molar-refractivity contribution in [2.45, 2.75) is 18.8 Å². The van der Waals surface area contributed by atoms with Gasteiger partial charge in [0.15, 0.2) is 0 Å². The molecule has 3 aromatic rings. The van der Waals surface area contributed by atoms with Crippen molar-refractivity contribution in [2.75, 3.05) is 6.61 Å². The first-order chi connectivity index (χ1) is 14.1. The molecule has 0 saturated carbocycles. The first-order valence-corrected chi connectivity index (χ1v) is 9.74. The van der Waals surface area contributed by atoms with Crippen LogP contribution in [0.5, 0.6) is 0 Å². The lowest BCUT2D eigenvalue weighted by molar-refractivity contribution is -0.151. The van der Waals surface area contributed by atoms with Crippen molar-refractivity contribution in [1.29, 1.82) is 0 Å². The van der Waals surface area contributed by atoms with E-state index in [0.29, 0.717) is 6.42 Å². The van der Waals surface area contributed by atoms with E-state index in [1.807, 2.05) is 54.6 Å². The highest BCUT2D eigenvalue weighted by Gasteiger charge is 2.30. The molecule has 3 aromatic carbocycles. The van der Waals surface area contributed by atoms with Gasteiger partial charge in [-0.3, -0.25) is 9.59 Å². The summed E-state index contributed by atoms with van der Waals surface area (Å²) in [7, 11) is 0. The fraction of sp³-hybridized carbons (Fsp3) is 0.200. The molecule has 1 N–H and O–H groups in total. The average Bonchev–Trinajstić information content (AvgIpc) is 3.06. The average molecular weight is 386 g/mol. The Balaban J connectivity index is 1.43. The molecule has 4 rings (SSSR count). The molecule has 1 unspecified atom stereocenters. The molecule has 4 heteroatoms. The monoisotopic (exact) mass is 386 g/mol. The standard InChI is InChI=1S/C25H22O4/c26-24(15-18(25(27)28)14-17-8-2-1-3-9-17)29-16-23-21-12-6-4-10-19(21)20-11-5-7-13-22(20)23/h1-13,18,23H,14-16H2,(H,27,28). The van der Waals surface area contributed by atoms with Gasteiger partial charge in [-0.1, -0.05) is 78.9 Å². The molecule has 0 saturated heterocycles. The van der Waals surface area contributed by atoms with Gasteiger partial charge >= 0.3 is 11.9 Å². The molecule has 0 amide bonds. The maximum Gasteiger partial charge on any atom is 0.307 e. The van der Waals surface area contributed by atoms with Gasteiger partial charge in [-0.15, -0.1) is 0 Å². The number of esters is 1. The van der Waals surface area contributed by atoms with E-state index in [1.165, 1.54) is 0 Å². The predicted octanol–water partition coefficient (Wildman–Crippen LogP) is 4.68. The van der Waals surface area contributed by atoms with Crippen LogP contribution in [-0.2, 0) is 20.7 Å². The third-order valence-corrected chi connectivity index (χ3v) is 5.46. The summed E-state index contributed by atoms with van der Waals surface area (Å²) in [4.78, 5) is 24.1. The number of carbonyl (C=O) groups is 2. The number of aliphatic carboxylic acids is 1. The van der Waals surface area contributed by atoms with Crippen molar-refractivity contribution in [1.82, 2.24) is 0 Å². The summed E-state index contributed by atoms with van der Waals surface area (Å²) >= 11 is 0. The molecule has 0 spiro atoms. The molecule has 0 bridgehead atoms. The highest BCUT2D eigenvalue weighted by Crippen LogP contribution is 2.44. The van der Waals surface area contributed by atoms with Crippen molar-refractivity contribution in [3.8, 4) is 11.1 Å². The number of rotatable bonds is 7. The number of fused-ring (bicyclic) bond motifs is 3. The third-order valence-electron chi connectivity index (χ3n) is 5.46. The van der Waals surface area contributed by atoms with Crippen molar-refractivity contribution < 1.29 is 19.4 Å². The summed E-state index contributed by atoms with van der Waals surface area (Å²) < 4.78 is 5.56. The molecule has 4 nitrogen and oxygen atoms in total. The van der Waals surface area contributed by atoms with E-state index in [0.717, 1.165) is 27.8 Å². The van der Waals surface area contributed by atoms with Crippen LogP contribution in [0.1, 0.15) is 29.0 Å². The fourth-order valence-corrected chi connectivity index (χ4v) is 4.02. The van der Waals surface area contributed by atoms with Gasteiger partial charge in [0, 0.05) is 5.92 Å². The number of benzene rings is 3. The Hall–Kier alpha value is -3.40. The minimum absolute atomic E-state index is 0.0243. The van der Waals surface area contributed by atoms with Gasteiger partial charge in [0.25, 0.3) is 0 Å². The highest BCUT2D eigenvalue weighted by atomic mass is 16.5. The largest absolute Gasteiger partial charge is 0.481 e. The molecule has 1 aliphatic carbocycles. The second kappa shape index (κ2) is 8.31. The van der Waals surface area contributed by atoms with E-state index >= 15 is 0 Å². The summed E-state index contributed by atoms with van der Waals surface area (Å²) in [5.74, 6) is -2.28. The Morgan fingerprint density at radius 3 is 1.97 bits per heavy atom. The fourth-order valence-electron chi connectivity index (χ4n) is 4.02.